The molecular weight excluding hydrogens is 242 g/mol. The molecule has 0 unspecified atom stereocenters. The van der Waals surface area contributed by atoms with Crippen LogP contribution in [0.15, 0.2) is 24.3 Å². The molecule has 0 saturated carbocycles. The van der Waals surface area contributed by atoms with Gasteiger partial charge in [-0.25, -0.2) is 0 Å². The molecule has 1 aromatic rings. The highest BCUT2D eigenvalue weighted by Gasteiger charge is 2.17. The number of carbonyl (C=O) groups is 1. The van der Waals surface area contributed by atoms with E-state index in [0.29, 0.717) is 5.75 Å². The smallest absolute Gasteiger partial charge is 0.258 e. The van der Waals surface area contributed by atoms with Crippen molar-refractivity contribution >= 4 is 5.91 Å². The molecule has 0 spiro atoms. The monoisotopic (exact) mass is 265 g/mol. The number of nitrogens with one attached hydrogen (secondary N) is 1. The van der Waals surface area contributed by atoms with Gasteiger partial charge in [0.05, 0.1) is 6.10 Å². The quantitative estimate of drug-likeness (QED) is 0.830. The van der Waals surface area contributed by atoms with E-state index in [9.17, 15) is 9.90 Å². The van der Waals surface area contributed by atoms with Crippen molar-refractivity contribution in [2.75, 3.05) is 6.61 Å². The molecule has 0 bridgehead atoms. The Hall–Kier alpha value is -1.55. The van der Waals surface area contributed by atoms with Gasteiger partial charge in [0.25, 0.3) is 5.91 Å². The van der Waals surface area contributed by atoms with Crippen molar-refractivity contribution in [1.82, 2.24) is 5.32 Å². The van der Waals surface area contributed by atoms with Crippen LogP contribution in [0.2, 0.25) is 0 Å². The largest absolute Gasteiger partial charge is 0.484 e. The van der Waals surface area contributed by atoms with Gasteiger partial charge in [0.2, 0.25) is 0 Å². The highest BCUT2D eigenvalue weighted by molar-refractivity contribution is 5.78. The Morgan fingerprint density at radius 1 is 1.37 bits per heavy atom. The van der Waals surface area contributed by atoms with Crippen LogP contribution in [0.1, 0.15) is 45.8 Å². The average Bonchev–Trinajstić information content (AvgIpc) is 2.36. The second-order valence-corrected chi connectivity index (χ2v) is 5.32. The van der Waals surface area contributed by atoms with E-state index >= 15 is 0 Å². The van der Waals surface area contributed by atoms with Crippen LogP contribution in [0.4, 0.5) is 0 Å². The van der Waals surface area contributed by atoms with Crippen LogP contribution in [0, 0.1) is 0 Å². The van der Waals surface area contributed by atoms with E-state index in [1.807, 2.05) is 20.8 Å². The summed E-state index contributed by atoms with van der Waals surface area (Å²) in [6, 6.07) is 7.07. The standard InChI is InChI=1S/C15H23NO3/c1-5-15(3,4)16-14(18)10-19-13-8-6-12(7-9-13)11(2)17/h6-9,11,17H,5,10H2,1-4H3,(H,16,18)/t11-/m1/s1. The zero-order valence-electron chi connectivity index (χ0n) is 12.1. The minimum Gasteiger partial charge on any atom is -0.484 e. The van der Waals surface area contributed by atoms with E-state index in [4.69, 9.17) is 4.74 Å². The summed E-state index contributed by atoms with van der Waals surface area (Å²) in [5, 5.41) is 12.3. The molecule has 1 rings (SSSR count). The molecule has 1 atom stereocenters. The van der Waals surface area contributed by atoms with Crippen LogP contribution in [-0.4, -0.2) is 23.2 Å². The summed E-state index contributed by atoms with van der Waals surface area (Å²) >= 11 is 0. The molecule has 0 aliphatic rings. The third-order valence-corrected chi connectivity index (χ3v) is 3.09. The molecule has 2 N–H and O–H groups in total. The summed E-state index contributed by atoms with van der Waals surface area (Å²) in [6.45, 7) is 7.67. The van der Waals surface area contributed by atoms with Crippen LogP contribution < -0.4 is 10.1 Å². The van der Waals surface area contributed by atoms with Crippen LogP contribution in [0.5, 0.6) is 5.75 Å². The lowest BCUT2D eigenvalue weighted by molar-refractivity contribution is -0.124. The van der Waals surface area contributed by atoms with Crippen LogP contribution in [-0.2, 0) is 4.79 Å². The number of rotatable bonds is 6. The van der Waals surface area contributed by atoms with E-state index in [0.717, 1.165) is 12.0 Å². The Morgan fingerprint density at radius 3 is 2.42 bits per heavy atom. The third-order valence-electron chi connectivity index (χ3n) is 3.09. The number of aliphatic hydroxyl groups excluding tert-OH is 1. The number of hydrogen-bond acceptors (Lipinski definition) is 3. The van der Waals surface area contributed by atoms with Crippen molar-refractivity contribution in [3.63, 3.8) is 0 Å². The predicted molar refractivity (Wildman–Crippen MR) is 75.1 cm³/mol. The molecule has 0 radical (unpaired) electrons. The third kappa shape index (κ3) is 5.30. The molecule has 0 aromatic heterocycles. The Kier molecular flexibility index (Phi) is 5.36. The summed E-state index contributed by atoms with van der Waals surface area (Å²) in [6.07, 6.45) is 0.365. The second kappa shape index (κ2) is 6.57. The lowest BCUT2D eigenvalue weighted by atomic mass is 10.0. The fourth-order valence-electron chi connectivity index (χ4n) is 1.49. The SMILES string of the molecule is CCC(C)(C)NC(=O)COc1ccc([C@@H](C)O)cc1. The molecule has 0 aliphatic heterocycles. The first kappa shape index (κ1) is 15.5. The van der Waals surface area contributed by atoms with Crippen molar-refractivity contribution in [2.45, 2.75) is 45.8 Å². The Morgan fingerprint density at radius 2 is 1.95 bits per heavy atom. The van der Waals surface area contributed by atoms with Gasteiger partial charge >= 0.3 is 0 Å². The van der Waals surface area contributed by atoms with Gasteiger partial charge in [-0.3, -0.25) is 4.79 Å². The fourth-order valence-corrected chi connectivity index (χ4v) is 1.49. The number of amides is 1. The van der Waals surface area contributed by atoms with E-state index in [1.165, 1.54) is 0 Å². The minimum atomic E-state index is -0.497. The number of carbonyl (C=O) groups excluding carboxylic acids is 1. The van der Waals surface area contributed by atoms with Gasteiger partial charge in [-0.1, -0.05) is 19.1 Å². The summed E-state index contributed by atoms with van der Waals surface area (Å²) in [5.74, 6) is 0.486. The maximum Gasteiger partial charge on any atom is 0.258 e. The maximum atomic E-state index is 11.7. The Balaban J connectivity index is 2.46. The Bertz CT molecular complexity index is 410. The van der Waals surface area contributed by atoms with E-state index in [2.05, 4.69) is 5.32 Å². The van der Waals surface area contributed by atoms with E-state index in [1.54, 1.807) is 31.2 Å². The normalized spacial score (nSPS) is 12.9. The topological polar surface area (TPSA) is 58.6 Å². The minimum absolute atomic E-state index is 0.00252. The molecule has 106 valence electrons. The van der Waals surface area contributed by atoms with Gasteiger partial charge in [0, 0.05) is 5.54 Å². The molecule has 19 heavy (non-hydrogen) atoms. The van der Waals surface area contributed by atoms with Crippen LogP contribution in [0.3, 0.4) is 0 Å². The number of benzene rings is 1. The molecule has 1 amide bonds. The van der Waals surface area contributed by atoms with Gasteiger partial charge in [0.1, 0.15) is 5.75 Å². The van der Waals surface area contributed by atoms with Crippen molar-refractivity contribution in [3.8, 4) is 5.75 Å². The molecule has 4 nitrogen and oxygen atoms in total. The number of aliphatic hydroxyl groups is 1. The predicted octanol–water partition coefficient (Wildman–Crippen LogP) is 2.42. The molecule has 0 heterocycles. The molecule has 1 aromatic carbocycles. The molecule has 0 saturated heterocycles. The first-order chi connectivity index (χ1) is 8.84. The number of ether oxygens (including phenoxy) is 1. The first-order valence-corrected chi connectivity index (χ1v) is 6.56. The summed E-state index contributed by atoms with van der Waals surface area (Å²) in [5.41, 5.74) is 0.611. The Labute approximate surface area is 114 Å². The van der Waals surface area contributed by atoms with Gasteiger partial charge in [0.15, 0.2) is 6.61 Å². The van der Waals surface area contributed by atoms with E-state index in [-0.39, 0.29) is 18.1 Å². The molecular formula is C15H23NO3. The molecule has 0 fully saturated rings. The van der Waals surface area contributed by atoms with Crippen LogP contribution >= 0.6 is 0 Å². The summed E-state index contributed by atoms with van der Waals surface area (Å²) in [4.78, 5) is 11.7. The van der Waals surface area contributed by atoms with Gasteiger partial charge < -0.3 is 15.2 Å². The first-order valence-electron chi connectivity index (χ1n) is 6.56. The maximum absolute atomic E-state index is 11.7. The second-order valence-electron chi connectivity index (χ2n) is 5.32. The summed E-state index contributed by atoms with van der Waals surface area (Å²) < 4.78 is 5.40. The van der Waals surface area contributed by atoms with Crippen molar-refractivity contribution in [1.29, 1.82) is 0 Å². The van der Waals surface area contributed by atoms with Gasteiger partial charge in [-0.05, 0) is 44.9 Å². The van der Waals surface area contributed by atoms with Crippen molar-refractivity contribution in [2.24, 2.45) is 0 Å². The van der Waals surface area contributed by atoms with Crippen molar-refractivity contribution < 1.29 is 14.6 Å². The summed E-state index contributed by atoms with van der Waals surface area (Å²) in [7, 11) is 0. The average molecular weight is 265 g/mol. The van der Waals surface area contributed by atoms with Gasteiger partial charge in [-0.15, -0.1) is 0 Å². The molecule has 0 aliphatic carbocycles. The van der Waals surface area contributed by atoms with Crippen LogP contribution in [0.25, 0.3) is 0 Å². The zero-order chi connectivity index (χ0) is 14.5. The van der Waals surface area contributed by atoms with E-state index < -0.39 is 6.10 Å². The lowest BCUT2D eigenvalue weighted by Crippen LogP contribution is -2.44. The van der Waals surface area contributed by atoms with Crippen molar-refractivity contribution in [3.05, 3.63) is 29.8 Å². The highest BCUT2D eigenvalue weighted by atomic mass is 16.5. The highest BCUT2D eigenvalue weighted by Crippen LogP contribution is 2.17. The zero-order valence-corrected chi connectivity index (χ0v) is 12.1. The molecule has 4 heteroatoms. The van der Waals surface area contributed by atoms with Gasteiger partial charge in [-0.2, -0.15) is 0 Å². The lowest BCUT2D eigenvalue weighted by Gasteiger charge is -2.24. The number of hydrogen-bond donors (Lipinski definition) is 2. The fraction of sp³-hybridized carbons (Fsp3) is 0.533.